The Hall–Kier alpha value is -2.87. The van der Waals surface area contributed by atoms with Crippen LogP contribution in [0.5, 0.6) is 11.5 Å². The number of hydrogen-bond acceptors (Lipinski definition) is 7. The minimum Gasteiger partial charge on any atom is -0.454 e. The van der Waals surface area contributed by atoms with Crippen molar-refractivity contribution >= 4 is 22.9 Å². The van der Waals surface area contributed by atoms with Crippen molar-refractivity contribution in [2.75, 3.05) is 18.2 Å². The average molecular weight is 355 g/mol. The molecule has 5 rings (SSSR count). The van der Waals surface area contributed by atoms with Crippen LogP contribution in [-0.2, 0) is 4.79 Å². The lowest BCUT2D eigenvalue weighted by Gasteiger charge is -2.16. The number of ether oxygens (including phenoxy) is 2. The highest BCUT2D eigenvalue weighted by Crippen LogP contribution is 2.38. The van der Waals surface area contributed by atoms with Gasteiger partial charge in [-0.15, -0.1) is 11.3 Å². The predicted octanol–water partition coefficient (Wildman–Crippen LogP) is 3.05. The smallest absolute Gasteiger partial charge is 0.267 e. The number of carbonyl (C=O) groups is 1. The van der Waals surface area contributed by atoms with E-state index < -0.39 is 0 Å². The van der Waals surface area contributed by atoms with Crippen molar-refractivity contribution in [3.63, 3.8) is 0 Å². The van der Waals surface area contributed by atoms with Crippen molar-refractivity contribution in [1.82, 2.24) is 10.1 Å². The summed E-state index contributed by atoms with van der Waals surface area (Å²) in [6.45, 7) is 0.728. The number of benzene rings is 1. The van der Waals surface area contributed by atoms with Gasteiger partial charge >= 0.3 is 0 Å². The van der Waals surface area contributed by atoms with E-state index in [9.17, 15) is 4.79 Å². The van der Waals surface area contributed by atoms with E-state index in [4.69, 9.17) is 14.0 Å². The summed E-state index contributed by atoms with van der Waals surface area (Å²) in [5.74, 6) is 2.37. The molecule has 1 unspecified atom stereocenters. The Labute approximate surface area is 146 Å². The summed E-state index contributed by atoms with van der Waals surface area (Å²) in [6, 6.07) is 9.38. The maximum Gasteiger partial charge on any atom is 0.267 e. The lowest BCUT2D eigenvalue weighted by Crippen LogP contribution is -2.24. The van der Waals surface area contributed by atoms with Crippen molar-refractivity contribution < 1.29 is 18.8 Å². The number of carbonyl (C=O) groups excluding carboxylic acids is 1. The minimum atomic E-state index is -0.0876. The van der Waals surface area contributed by atoms with Crippen molar-refractivity contribution in [2.45, 2.75) is 12.3 Å². The normalized spacial score (nSPS) is 19.0. The number of nitrogens with zero attached hydrogens (tertiary/aromatic N) is 3. The highest BCUT2D eigenvalue weighted by Gasteiger charge is 2.35. The van der Waals surface area contributed by atoms with E-state index in [0.29, 0.717) is 36.2 Å². The zero-order valence-corrected chi connectivity index (χ0v) is 13.9. The highest BCUT2D eigenvalue weighted by molar-refractivity contribution is 7.13. The molecule has 0 N–H and O–H groups in total. The molecule has 2 aliphatic rings. The molecule has 0 aliphatic carbocycles. The zero-order valence-electron chi connectivity index (χ0n) is 13.0. The zero-order chi connectivity index (χ0) is 16.8. The third kappa shape index (κ3) is 2.45. The van der Waals surface area contributed by atoms with Gasteiger partial charge in [0.15, 0.2) is 17.3 Å². The fourth-order valence-corrected chi connectivity index (χ4v) is 3.73. The van der Waals surface area contributed by atoms with E-state index in [0.717, 1.165) is 10.6 Å². The van der Waals surface area contributed by atoms with Crippen LogP contribution in [0.1, 0.15) is 18.2 Å². The van der Waals surface area contributed by atoms with Crippen LogP contribution in [0, 0.1) is 0 Å². The first-order valence-corrected chi connectivity index (χ1v) is 8.73. The van der Waals surface area contributed by atoms with Crippen LogP contribution in [0.4, 0.5) is 5.69 Å². The Morgan fingerprint density at radius 1 is 1.20 bits per heavy atom. The summed E-state index contributed by atoms with van der Waals surface area (Å²) in [4.78, 5) is 19.6. The number of anilines is 1. The second-order valence-electron chi connectivity index (χ2n) is 5.88. The first-order valence-electron chi connectivity index (χ1n) is 7.85. The van der Waals surface area contributed by atoms with Gasteiger partial charge in [-0.25, -0.2) is 0 Å². The Morgan fingerprint density at radius 2 is 2.12 bits per heavy atom. The van der Waals surface area contributed by atoms with Crippen LogP contribution in [0.3, 0.4) is 0 Å². The average Bonchev–Trinajstić information content (AvgIpc) is 3.39. The van der Waals surface area contributed by atoms with Gasteiger partial charge in [-0.05, 0) is 23.6 Å². The third-order valence-corrected chi connectivity index (χ3v) is 5.19. The van der Waals surface area contributed by atoms with Gasteiger partial charge in [0, 0.05) is 30.6 Å². The Morgan fingerprint density at radius 3 is 3.00 bits per heavy atom. The van der Waals surface area contributed by atoms with E-state index in [1.54, 1.807) is 16.2 Å². The maximum atomic E-state index is 12.5. The van der Waals surface area contributed by atoms with Gasteiger partial charge in [-0.2, -0.15) is 4.98 Å². The van der Waals surface area contributed by atoms with E-state index in [1.807, 2.05) is 35.7 Å². The van der Waals surface area contributed by atoms with Gasteiger partial charge in [-0.3, -0.25) is 4.79 Å². The first kappa shape index (κ1) is 14.5. The number of thiophene rings is 1. The summed E-state index contributed by atoms with van der Waals surface area (Å²) < 4.78 is 16.0. The van der Waals surface area contributed by atoms with Gasteiger partial charge in [-0.1, -0.05) is 11.2 Å². The van der Waals surface area contributed by atoms with Crippen LogP contribution < -0.4 is 14.4 Å². The van der Waals surface area contributed by atoms with Crippen LogP contribution in [0.15, 0.2) is 40.2 Å². The molecule has 1 aromatic carbocycles. The summed E-state index contributed by atoms with van der Waals surface area (Å²) in [5.41, 5.74) is 0.790. The van der Waals surface area contributed by atoms with Gasteiger partial charge in [0.25, 0.3) is 5.89 Å². The molecule has 7 nitrogen and oxygen atoms in total. The van der Waals surface area contributed by atoms with E-state index in [-0.39, 0.29) is 18.6 Å². The van der Waals surface area contributed by atoms with Crippen molar-refractivity contribution in [3.05, 3.63) is 41.5 Å². The largest absolute Gasteiger partial charge is 0.454 e. The molecule has 126 valence electrons. The molecule has 1 amide bonds. The van der Waals surface area contributed by atoms with Crippen molar-refractivity contribution in [2.24, 2.45) is 0 Å². The molecular weight excluding hydrogens is 342 g/mol. The van der Waals surface area contributed by atoms with Crippen molar-refractivity contribution in [1.29, 1.82) is 0 Å². The van der Waals surface area contributed by atoms with Crippen LogP contribution in [0.25, 0.3) is 10.8 Å². The molecule has 3 aromatic rings. The summed E-state index contributed by atoms with van der Waals surface area (Å²) in [6.07, 6.45) is 0.359. The molecule has 0 bridgehead atoms. The number of fused-ring (bicyclic) bond motifs is 1. The number of aromatic nitrogens is 2. The molecule has 2 aliphatic heterocycles. The number of rotatable bonds is 3. The topological polar surface area (TPSA) is 77.7 Å². The SMILES string of the molecule is O=C1CC(c2noc(-c3cccs3)n2)CN1c1ccc2c(c1)OCO2. The molecular formula is C17H13N3O4S. The van der Waals surface area contributed by atoms with Crippen LogP contribution in [0.2, 0.25) is 0 Å². The van der Waals surface area contributed by atoms with Gasteiger partial charge < -0.3 is 18.9 Å². The first-order chi connectivity index (χ1) is 12.3. The standard InChI is InChI=1S/C17H13N3O4S/c21-15-6-10(16-18-17(24-19-16)14-2-1-5-25-14)8-20(15)11-3-4-12-13(7-11)23-9-22-12/h1-5,7,10H,6,8-9H2. The molecule has 8 heteroatoms. The fraction of sp³-hybridized carbons (Fsp3) is 0.235. The monoisotopic (exact) mass is 355 g/mol. The number of hydrogen-bond donors (Lipinski definition) is 0. The van der Waals surface area contributed by atoms with E-state index in [1.165, 1.54) is 0 Å². The molecule has 0 spiro atoms. The summed E-state index contributed by atoms with van der Waals surface area (Å²) in [7, 11) is 0. The molecule has 1 fully saturated rings. The fourth-order valence-electron chi connectivity index (χ4n) is 3.08. The quantitative estimate of drug-likeness (QED) is 0.719. The molecule has 25 heavy (non-hydrogen) atoms. The molecule has 0 radical (unpaired) electrons. The molecule has 1 saturated heterocycles. The summed E-state index contributed by atoms with van der Waals surface area (Å²) >= 11 is 1.54. The predicted molar refractivity (Wildman–Crippen MR) is 89.9 cm³/mol. The van der Waals surface area contributed by atoms with Crippen LogP contribution >= 0.6 is 11.3 Å². The second kappa shape index (κ2) is 5.59. The number of amides is 1. The lowest BCUT2D eigenvalue weighted by molar-refractivity contribution is -0.117. The van der Waals surface area contributed by atoms with E-state index in [2.05, 4.69) is 10.1 Å². The Kier molecular flexibility index (Phi) is 3.24. The van der Waals surface area contributed by atoms with Crippen molar-refractivity contribution in [3.8, 4) is 22.3 Å². The lowest BCUT2D eigenvalue weighted by atomic mass is 10.1. The van der Waals surface area contributed by atoms with Gasteiger partial charge in [0.2, 0.25) is 12.7 Å². The summed E-state index contributed by atoms with van der Waals surface area (Å²) in [5, 5.41) is 6.03. The van der Waals surface area contributed by atoms with Crippen LogP contribution in [-0.4, -0.2) is 29.4 Å². The molecule has 1 atom stereocenters. The highest BCUT2D eigenvalue weighted by atomic mass is 32.1. The Balaban J connectivity index is 1.38. The van der Waals surface area contributed by atoms with Gasteiger partial charge in [0.1, 0.15) is 0 Å². The molecule has 4 heterocycles. The second-order valence-corrected chi connectivity index (χ2v) is 6.83. The molecule has 0 saturated carbocycles. The van der Waals surface area contributed by atoms with E-state index >= 15 is 0 Å². The maximum absolute atomic E-state index is 12.5. The third-order valence-electron chi connectivity index (χ3n) is 4.33. The Bertz CT molecular complexity index is 937. The molecule has 2 aromatic heterocycles. The minimum absolute atomic E-state index is 0.0336. The van der Waals surface area contributed by atoms with Gasteiger partial charge in [0.05, 0.1) is 4.88 Å².